The minimum Gasteiger partial charge on any atom is -0.481 e. The number of aliphatic hydroxyl groups is 2. The first-order valence-corrected chi connectivity index (χ1v) is 5.32. The second-order valence-corrected chi connectivity index (χ2v) is 3.13. The van der Waals surface area contributed by atoms with E-state index in [1.54, 1.807) is 6.92 Å². The summed E-state index contributed by atoms with van der Waals surface area (Å²) in [6.07, 6.45) is 4.24. The van der Waals surface area contributed by atoms with Gasteiger partial charge in [-0.15, -0.1) is 0 Å². The van der Waals surface area contributed by atoms with Crippen molar-refractivity contribution in [2.24, 2.45) is 0 Å². The van der Waals surface area contributed by atoms with E-state index in [2.05, 4.69) is 6.92 Å². The lowest BCUT2D eigenvalue weighted by atomic mass is 10.2. The number of hydrogen-bond donors (Lipinski definition) is 3. The van der Waals surface area contributed by atoms with Gasteiger partial charge in [-0.1, -0.05) is 19.8 Å². The molecule has 0 aliphatic heterocycles. The van der Waals surface area contributed by atoms with E-state index in [1.807, 2.05) is 0 Å². The summed E-state index contributed by atoms with van der Waals surface area (Å²) in [5.74, 6) is -0.515. The van der Waals surface area contributed by atoms with Crippen LogP contribution >= 0.6 is 0 Å². The zero-order valence-electron chi connectivity index (χ0n) is 10.4. The van der Waals surface area contributed by atoms with E-state index in [0.717, 1.165) is 19.8 Å². The Balaban J connectivity index is -0.000000179. The van der Waals surface area contributed by atoms with Gasteiger partial charge in [0.25, 0.3) is 5.97 Å². The topological polar surface area (TPSA) is 94.8 Å². The number of ketones is 1. The minimum atomic E-state index is -0.833. The summed E-state index contributed by atoms with van der Waals surface area (Å²) in [6, 6.07) is 0. The van der Waals surface area contributed by atoms with E-state index in [-0.39, 0.29) is 13.2 Å². The summed E-state index contributed by atoms with van der Waals surface area (Å²) in [7, 11) is 0. The standard InChI is InChI=1S/C7H14O.C2H4O2.C2H6O2/c1-3-4-5-6-7(2)8;1-2(3)4;3-1-2-4/h3-6H2,1-2H3;1H3,(H,3,4);3-4H,1-2H2. The molecule has 0 rings (SSSR count). The molecule has 0 amide bonds. The molecule has 16 heavy (non-hydrogen) atoms. The lowest BCUT2D eigenvalue weighted by molar-refractivity contribution is -0.134. The molecule has 0 unspecified atom stereocenters. The molecule has 5 nitrogen and oxygen atoms in total. The molecular weight excluding hydrogens is 212 g/mol. The van der Waals surface area contributed by atoms with Crippen molar-refractivity contribution in [3.63, 3.8) is 0 Å². The fourth-order valence-corrected chi connectivity index (χ4v) is 0.624. The highest BCUT2D eigenvalue weighted by molar-refractivity contribution is 5.75. The molecule has 0 fully saturated rings. The number of carbonyl (C=O) groups excluding carboxylic acids is 1. The van der Waals surface area contributed by atoms with Gasteiger partial charge in [0.2, 0.25) is 0 Å². The Morgan fingerprint density at radius 1 is 1.00 bits per heavy atom. The summed E-state index contributed by atoms with van der Waals surface area (Å²) in [5, 5.41) is 22.7. The largest absolute Gasteiger partial charge is 0.481 e. The first kappa shape index (κ1) is 20.5. The van der Waals surface area contributed by atoms with Crippen molar-refractivity contribution in [2.75, 3.05) is 13.2 Å². The molecule has 0 aromatic carbocycles. The highest BCUT2D eigenvalue weighted by atomic mass is 16.4. The maximum Gasteiger partial charge on any atom is 0.300 e. The second kappa shape index (κ2) is 19.6. The smallest absolute Gasteiger partial charge is 0.300 e. The van der Waals surface area contributed by atoms with Gasteiger partial charge >= 0.3 is 0 Å². The van der Waals surface area contributed by atoms with Crippen molar-refractivity contribution in [2.45, 2.75) is 46.5 Å². The van der Waals surface area contributed by atoms with Crippen LogP contribution in [0.15, 0.2) is 0 Å². The molecule has 0 spiro atoms. The van der Waals surface area contributed by atoms with Crippen LogP contribution in [-0.2, 0) is 9.59 Å². The Labute approximate surface area is 97.1 Å². The van der Waals surface area contributed by atoms with Crippen LogP contribution in [0.5, 0.6) is 0 Å². The van der Waals surface area contributed by atoms with Gasteiger partial charge in [-0.3, -0.25) is 4.79 Å². The van der Waals surface area contributed by atoms with Gasteiger partial charge in [-0.2, -0.15) is 0 Å². The lowest BCUT2D eigenvalue weighted by Crippen LogP contribution is -1.87. The first-order chi connectivity index (χ1) is 7.42. The molecule has 98 valence electrons. The van der Waals surface area contributed by atoms with Crippen molar-refractivity contribution in [3.05, 3.63) is 0 Å². The monoisotopic (exact) mass is 236 g/mol. The highest BCUT2D eigenvalue weighted by Crippen LogP contribution is 1.98. The van der Waals surface area contributed by atoms with Crippen LogP contribution in [0.1, 0.15) is 46.5 Å². The quantitative estimate of drug-likeness (QED) is 0.624. The van der Waals surface area contributed by atoms with Crippen LogP contribution in [0.4, 0.5) is 0 Å². The number of aliphatic hydroxyl groups excluding tert-OH is 2. The number of hydrogen-bond acceptors (Lipinski definition) is 4. The molecule has 0 heterocycles. The van der Waals surface area contributed by atoms with E-state index >= 15 is 0 Å². The average Bonchev–Trinajstić information content (AvgIpc) is 2.17. The predicted molar refractivity (Wildman–Crippen MR) is 62.3 cm³/mol. The SMILES string of the molecule is CC(=O)O.CCCCCC(C)=O.OCCO. The van der Waals surface area contributed by atoms with Gasteiger partial charge < -0.3 is 20.1 Å². The minimum absolute atomic E-state index is 0.125. The zero-order chi connectivity index (χ0) is 13.4. The van der Waals surface area contributed by atoms with Crippen molar-refractivity contribution in [3.8, 4) is 0 Å². The molecule has 0 aliphatic rings. The molecule has 3 N–H and O–H groups in total. The van der Waals surface area contributed by atoms with Gasteiger partial charge in [0.1, 0.15) is 5.78 Å². The lowest BCUT2D eigenvalue weighted by Gasteiger charge is -1.90. The van der Waals surface area contributed by atoms with E-state index in [4.69, 9.17) is 20.1 Å². The van der Waals surface area contributed by atoms with Crippen LogP contribution < -0.4 is 0 Å². The summed E-state index contributed by atoms with van der Waals surface area (Å²) in [4.78, 5) is 19.3. The van der Waals surface area contributed by atoms with E-state index < -0.39 is 5.97 Å². The molecule has 0 aromatic heterocycles. The molecule has 0 saturated heterocycles. The van der Waals surface area contributed by atoms with Gasteiger partial charge in [0.15, 0.2) is 0 Å². The first-order valence-electron chi connectivity index (χ1n) is 5.32. The fraction of sp³-hybridized carbons (Fsp3) is 0.818. The summed E-state index contributed by atoms with van der Waals surface area (Å²) >= 11 is 0. The number of rotatable bonds is 5. The van der Waals surface area contributed by atoms with Crippen molar-refractivity contribution in [1.29, 1.82) is 0 Å². The molecule has 0 atom stereocenters. The van der Waals surface area contributed by atoms with Crippen molar-refractivity contribution >= 4 is 11.8 Å². The van der Waals surface area contributed by atoms with E-state index in [1.165, 1.54) is 12.8 Å². The number of carboxylic acids is 1. The molecule has 5 heteroatoms. The maximum absolute atomic E-state index is 10.3. The van der Waals surface area contributed by atoms with E-state index in [9.17, 15) is 4.79 Å². The Morgan fingerprint density at radius 2 is 1.38 bits per heavy atom. The number of aliphatic carboxylic acids is 1. The van der Waals surface area contributed by atoms with Crippen molar-refractivity contribution < 1.29 is 24.9 Å². The van der Waals surface area contributed by atoms with Crippen LogP contribution in [0.3, 0.4) is 0 Å². The number of Topliss-reactive ketones (excluding diaryl/α,β-unsaturated/α-hetero) is 1. The van der Waals surface area contributed by atoms with Gasteiger partial charge in [-0.05, 0) is 13.3 Å². The molecule has 0 aromatic rings. The van der Waals surface area contributed by atoms with E-state index in [0.29, 0.717) is 5.78 Å². The second-order valence-electron chi connectivity index (χ2n) is 3.13. The Bertz CT molecular complexity index is 150. The molecule has 0 bridgehead atoms. The number of unbranched alkanes of at least 4 members (excludes halogenated alkanes) is 2. The van der Waals surface area contributed by atoms with Crippen molar-refractivity contribution in [1.82, 2.24) is 0 Å². The summed E-state index contributed by atoms with van der Waals surface area (Å²) < 4.78 is 0. The third kappa shape index (κ3) is 74.2. The van der Waals surface area contributed by atoms with Gasteiger partial charge in [0.05, 0.1) is 13.2 Å². The zero-order valence-corrected chi connectivity index (χ0v) is 10.4. The molecule has 0 saturated carbocycles. The number of carboxylic acid groups (broad SMARTS) is 1. The van der Waals surface area contributed by atoms with Crippen LogP contribution in [0.25, 0.3) is 0 Å². The van der Waals surface area contributed by atoms with Crippen LogP contribution in [0, 0.1) is 0 Å². The Morgan fingerprint density at radius 3 is 1.56 bits per heavy atom. The third-order valence-corrected chi connectivity index (χ3v) is 1.23. The normalized spacial score (nSPS) is 8.06. The fourth-order valence-electron chi connectivity index (χ4n) is 0.624. The Kier molecular flexibility index (Phi) is 25.1. The van der Waals surface area contributed by atoms with Gasteiger partial charge in [0, 0.05) is 13.3 Å². The maximum atomic E-state index is 10.3. The third-order valence-electron chi connectivity index (χ3n) is 1.23. The van der Waals surface area contributed by atoms with Crippen LogP contribution in [0.2, 0.25) is 0 Å². The molecule has 0 aliphatic carbocycles. The highest BCUT2D eigenvalue weighted by Gasteiger charge is 1.89. The number of carbonyl (C=O) groups is 2. The molecular formula is C11H24O5. The summed E-state index contributed by atoms with van der Waals surface area (Å²) in [5.41, 5.74) is 0. The van der Waals surface area contributed by atoms with Gasteiger partial charge in [-0.25, -0.2) is 0 Å². The molecule has 0 radical (unpaired) electrons. The Hall–Kier alpha value is -0.940. The predicted octanol–water partition coefficient (Wildman–Crippen LogP) is 1.22. The summed E-state index contributed by atoms with van der Waals surface area (Å²) in [6.45, 7) is 4.62. The van der Waals surface area contributed by atoms with Crippen LogP contribution in [-0.4, -0.2) is 40.3 Å². The average molecular weight is 236 g/mol.